The van der Waals surface area contributed by atoms with Crippen LogP contribution >= 0.6 is 23.2 Å². The van der Waals surface area contributed by atoms with Gasteiger partial charge in [0.2, 0.25) is 5.88 Å². The summed E-state index contributed by atoms with van der Waals surface area (Å²) in [5, 5.41) is 10.2. The molecular formula is C22H24Cl2N2O5. The molecule has 9 heteroatoms. The highest BCUT2D eigenvalue weighted by molar-refractivity contribution is 6.35. The molecule has 0 radical (unpaired) electrons. The van der Waals surface area contributed by atoms with Gasteiger partial charge in [0.1, 0.15) is 11.3 Å². The van der Waals surface area contributed by atoms with E-state index in [9.17, 15) is 14.7 Å². The monoisotopic (exact) mass is 466 g/mol. The van der Waals surface area contributed by atoms with Crippen molar-refractivity contribution in [1.29, 1.82) is 0 Å². The SMILES string of the molecule is CCCc1cc2c(c(=O)n1CCO)C(c1ccc(Cl)cc1Cl)C(C(=O)OCC)=C(N)O2. The van der Waals surface area contributed by atoms with Gasteiger partial charge in [-0.05, 0) is 31.0 Å². The van der Waals surface area contributed by atoms with Gasteiger partial charge in [-0.1, -0.05) is 42.6 Å². The zero-order chi connectivity index (χ0) is 22.7. The van der Waals surface area contributed by atoms with E-state index in [1.165, 1.54) is 10.6 Å². The molecule has 1 unspecified atom stereocenters. The van der Waals surface area contributed by atoms with E-state index in [4.69, 9.17) is 38.4 Å². The molecule has 3 N–H and O–H groups in total. The molecule has 2 aromatic rings. The third-order valence-corrected chi connectivity index (χ3v) is 5.61. The molecule has 1 aromatic carbocycles. The summed E-state index contributed by atoms with van der Waals surface area (Å²) in [6.07, 6.45) is 1.39. The van der Waals surface area contributed by atoms with Crippen LogP contribution in [0.2, 0.25) is 10.0 Å². The molecule has 1 aromatic heterocycles. The van der Waals surface area contributed by atoms with Crippen molar-refractivity contribution in [2.75, 3.05) is 13.2 Å². The molecule has 3 rings (SSSR count). The summed E-state index contributed by atoms with van der Waals surface area (Å²) in [4.78, 5) is 26.4. The number of rotatable bonds is 7. The average Bonchev–Trinajstić information content (AvgIpc) is 2.70. The molecule has 0 aliphatic carbocycles. The van der Waals surface area contributed by atoms with Crippen LogP contribution in [0.25, 0.3) is 0 Å². The van der Waals surface area contributed by atoms with Gasteiger partial charge in [-0.25, -0.2) is 4.79 Å². The van der Waals surface area contributed by atoms with Crippen LogP contribution in [0.4, 0.5) is 0 Å². The topological polar surface area (TPSA) is 104 Å². The third kappa shape index (κ3) is 4.44. The standard InChI is InChI=1S/C22H24Cl2N2O5/c1-3-5-13-11-16-18(21(28)26(13)8-9-27)17(14-7-6-12(23)10-15(14)24)19(20(25)31-16)22(29)30-4-2/h6-7,10-11,17,27H,3-5,8-9,25H2,1-2H3. The van der Waals surface area contributed by atoms with Crippen LogP contribution in [0.1, 0.15) is 43.0 Å². The van der Waals surface area contributed by atoms with Crippen LogP contribution in [0.3, 0.4) is 0 Å². The van der Waals surface area contributed by atoms with E-state index < -0.39 is 11.9 Å². The number of ether oxygens (including phenoxy) is 2. The molecule has 1 atom stereocenters. The zero-order valence-corrected chi connectivity index (χ0v) is 18.8. The number of halogens is 2. The second-order valence-corrected chi connectivity index (χ2v) is 7.89. The van der Waals surface area contributed by atoms with E-state index in [1.54, 1.807) is 25.1 Å². The number of benzene rings is 1. The van der Waals surface area contributed by atoms with Crippen molar-refractivity contribution in [2.24, 2.45) is 5.73 Å². The lowest BCUT2D eigenvalue weighted by Crippen LogP contribution is -2.36. The van der Waals surface area contributed by atoms with Crippen molar-refractivity contribution < 1.29 is 19.4 Å². The highest BCUT2D eigenvalue weighted by atomic mass is 35.5. The van der Waals surface area contributed by atoms with Crippen LogP contribution in [-0.4, -0.2) is 28.9 Å². The number of aromatic nitrogens is 1. The van der Waals surface area contributed by atoms with Crippen LogP contribution in [-0.2, 0) is 22.5 Å². The smallest absolute Gasteiger partial charge is 0.340 e. The van der Waals surface area contributed by atoms with E-state index in [1.807, 2.05) is 6.92 Å². The van der Waals surface area contributed by atoms with Gasteiger partial charge < -0.3 is 24.9 Å². The van der Waals surface area contributed by atoms with E-state index in [2.05, 4.69) is 0 Å². The number of aliphatic hydroxyl groups is 1. The molecule has 7 nitrogen and oxygen atoms in total. The molecule has 2 heterocycles. The normalized spacial score (nSPS) is 15.5. The Hall–Kier alpha value is -2.48. The van der Waals surface area contributed by atoms with E-state index in [0.29, 0.717) is 22.7 Å². The van der Waals surface area contributed by atoms with Gasteiger partial charge in [-0.2, -0.15) is 0 Å². The first kappa shape index (κ1) is 23.2. The van der Waals surface area contributed by atoms with Crippen molar-refractivity contribution in [2.45, 2.75) is 39.2 Å². The minimum Gasteiger partial charge on any atom is -0.462 e. The summed E-state index contributed by atoms with van der Waals surface area (Å²) in [5.41, 5.74) is 7.12. The summed E-state index contributed by atoms with van der Waals surface area (Å²) in [5.74, 6) is -1.51. The van der Waals surface area contributed by atoms with E-state index in [0.717, 1.165) is 6.42 Å². The fraction of sp³-hybridized carbons (Fsp3) is 0.364. The molecule has 0 amide bonds. The Bertz CT molecular complexity index is 1090. The van der Waals surface area contributed by atoms with Crippen molar-refractivity contribution in [3.05, 3.63) is 72.9 Å². The van der Waals surface area contributed by atoms with Crippen molar-refractivity contribution in [3.63, 3.8) is 0 Å². The summed E-state index contributed by atoms with van der Waals surface area (Å²) in [6.45, 7) is 3.66. The number of fused-ring (bicyclic) bond motifs is 1. The predicted molar refractivity (Wildman–Crippen MR) is 119 cm³/mol. The Morgan fingerprint density at radius 1 is 1.29 bits per heavy atom. The van der Waals surface area contributed by atoms with Gasteiger partial charge >= 0.3 is 5.97 Å². The number of aryl methyl sites for hydroxylation is 1. The van der Waals surface area contributed by atoms with Gasteiger partial charge in [-0.3, -0.25) is 4.79 Å². The molecule has 1 aliphatic heterocycles. The van der Waals surface area contributed by atoms with E-state index >= 15 is 0 Å². The summed E-state index contributed by atoms with van der Waals surface area (Å²) in [7, 11) is 0. The maximum Gasteiger partial charge on any atom is 0.340 e. The predicted octanol–water partition coefficient (Wildman–Crippen LogP) is 3.36. The number of hydrogen-bond donors (Lipinski definition) is 2. The zero-order valence-electron chi connectivity index (χ0n) is 17.3. The third-order valence-electron chi connectivity index (χ3n) is 5.05. The Morgan fingerprint density at radius 2 is 2.03 bits per heavy atom. The number of hydrogen-bond acceptors (Lipinski definition) is 6. The molecule has 166 valence electrons. The number of nitrogens with zero attached hydrogens (tertiary/aromatic N) is 1. The highest BCUT2D eigenvalue weighted by Gasteiger charge is 2.39. The van der Waals surface area contributed by atoms with Gasteiger partial charge in [0, 0.05) is 28.4 Å². The molecule has 0 fully saturated rings. The second kappa shape index (κ2) is 9.77. The van der Waals surface area contributed by atoms with Crippen molar-refractivity contribution in [1.82, 2.24) is 4.57 Å². The number of pyridine rings is 1. The molecule has 0 saturated heterocycles. The quantitative estimate of drug-likeness (QED) is 0.606. The molecule has 1 aliphatic rings. The minimum atomic E-state index is -0.916. The van der Waals surface area contributed by atoms with Crippen LogP contribution in [0, 0.1) is 0 Å². The van der Waals surface area contributed by atoms with Gasteiger partial charge in [-0.15, -0.1) is 0 Å². The Balaban J connectivity index is 2.34. The molecule has 0 bridgehead atoms. The average molecular weight is 467 g/mol. The van der Waals surface area contributed by atoms with E-state index in [-0.39, 0.29) is 53.1 Å². The maximum atomic E-state index is 13.6. The fourth-order valence-corrected chi connectivity index (χ4v) is 4.30. The van der Waals surface area contributed by atoms with Crippen molar-refractivity contribution >= 4 is 29.2 Å². The lowest BCUT2D eigenvalue weighted by atomic mass is 9.83. The number of carbonyl (C=O) groups excluding carboxylic acids is 1. The number of nitrogens with two attached hydrogens (primary N) is 1. The largest absolute Gasteiger partial charge is 0.462 e. The molecule has 0 saturated carbocycles. The Labute approximate surface area is 190 Å². The lowest BCUT2D eigenvalue weighted by molar-refractivity contribution is -0.139. The van der Waals surface area contributed by atoms with Crippen LogP contribution < -0.4 is 16.0 Å². The Kier molecular flexibility index (Phi) is 7.30. The first-order chi connectivity index (χ1) is 14.8. The van der Waals surface area contributed by atoms with Gasteiger partial charge in [0.25, 0.3) is 5.56 Å². The summed E-state index contributed by atoms with van der Waals surface area (Å²) < 4.78 is 12.4. The molecule has 31 heavy (non-hydrogen) atoms. The van der Waals surface area contributed by atoms with Crippen LogP contribution in [0.5, 0.6) is 5.75 Å². The summed E-state index contributed by atoms with van der Waals surface area (Å²) >= 11 is 12.5. The van der Waals surface area contributed by atoms with Crippen molar-refractivity contribution in [3.8, 4) is 5.75 Å². The highest BCUT2D eigenvalue weighted by Crippen LogP contribution is 2.44. The summed E-state index contributed by atoms with van der Waals surface area (Å²) in [6, 6.07) is 6.52. The molecule has 0 spiro atoms. The van der Waals surface area contributed by atoms with Crippen LogP contribution in [0.15, 0.2) is 40.5 Å². The maximum absolute atomic E-state index is 13.6. The first-order valence-electron chi connectivity index (χ1n) is 10.0. The first-order valence-corrected chi connectivity index (χ1v) is 10.8. The lowest BCUT2D eigenvalue weighted by Gasteiger charge is -2.30. The fourth-order valence-electron chi connectivity index (χ4n) is 3.78. The number of esters is 1. The number of carbonyl (C=O) groups is 1. The second-order valence-electron chi connectivity index (χ2n) is 7.04. The van der Waals surface area contributed by atoms with Gasteiger partial charge in [0.05, 0.1) is 24.7 Å². The molecular weight excluding hydrogens is 443 g/mol. The Morgan fingerprint density at radius 3 is 2.65 bits per heavy atom. The minimum absolute atomic E-state index is 0.00513. The van der Waals surface area contributed by atoms with Gasteiger partial charge in [0.15, 0.2) is 0 Å². The number of aliphatic hydroxyl groups excluding tert-OH is 1.